The van der Waals surface area contributed by atoms with Crippen LogP contribution in [0.3, 0.4) is 0 Å². The molecule has 1 unspecified atom stereocenters. The summed E-state index contributed by atoms with van der Waals surface area (Å²) in [6.45, 7) is 6.20. The number of hydrogen-bond acceptors (Lipinski definition) is 5. The van der Waals surface area contributed by atoms with Gasteiger partial charge in [-0.05, 0) is 49.7 Å². The Morgan fingerprint density at radius 1 is 1.38 bits per heavy atom. The fraction of sp³-hybridized carbons (Fsp3) is 0.538. The van der Waals surface area contributed by atoms with Crippen LogP contribution in [0.1, 0.15) is 32.0 Å². The predicted octanol–water partition coefficient (Wildman–Crippen LogP) is 2.07. The third-order valence-corrected chi connectivity index (χ3v) is 7.43. The molecule has 2 heterocycles. The molecule has 1 aromatic rings. The molecule has 2 rings (SSSR count). The van der Waals surface area contributed by atoms with Crippen LogP contribution >= 0.6 is 15.9 Å². The summed E-state index contributed by atoms with van der Waals surface area (Å²) in [6, 6.07) is 1.52. The minimum Gasteiger partial charge on any atom is -0.386 e. The van der Waals surface area contributed by atoms with Crippen molar-refractivity contribution in [1.82, 2.24) is 4.98 Å². The zero-order valence-corrected chi connectivity index (χ0v) is 14.6. The van der Waals surface area contributed by atoms with Crippen LogP contribution in [0.2, 0.25) is 0 Å². The fourth-order valence-electron chi connectivity index (χ4n) is 2.21. The molecule has 116 valence electrons. The second-order valence-electron chi connectivity index (χ2n) is 5.93. The summed E-state index contributed by atoms with van der Waals surface area (Å²) in [4.78, 5) is 8.06. The van der Waals surface area contributed by atoms with Crippen LogP contribution in [0.4, 0.5) is 4.39 Å². The number of sulfone groups is 1. The minimum atomic E-state index is -3.57. The second-order valence-corrected chi connectivity index (χ2v) is 9.33. The van der Waals surface area contributed by atoms with E-state index in [4.69, 9.17) is 5.73 Å². The highest BCUT2D eigenvalue weighted by Crippen LogP contribution is 2.38. The Morgan fingerprint density at radius 3 is 2.48 bits per heavy atom. The van der Waals surface area contributed by atoms with Crippen molar-refractivity contribution in [3.63, 3.8) is 0 Å². The van der Waals surface area contributed by atoms with Gasteiger partial charge in [0.2, 0.25) is 5.95 Å². The highest BCUT2D eigenvalue weighted by molar-refractivity contribution is 9.10. The Labute approximate surface area is 131 Å². The maximum absolute atomic E-state index is 14.2. The summed E-state index contributed by atoms with van der Waals surface area (Å²) in [7, 11) is -3.57. The van der Waals surface area contributed by atoms with Crippen LogP contribution in [0.15, 0.2) is 15.5 Å². The minimum absolute atomic E-state index is 0.0210. The summed E-state index contributed by atoms with van der Waals surface area (Å²) >= 11 is 3.28. The molecule has 2 N–H and O–H groups in total. The average Bonchev–Trinajstić information content (AvgIpc) is 2.31. The van der Waals surface area contributed by atoms with Gasteiger partial charge in [-0.3, -0.25) is 4.99 Å². The fourth-order valence-corrected chi connectivity index (χ4v) is 4.21. The van der Waals surface area contributed by atoms with Gasteiger partial charge in [-0.15, -0.1) is 0 Å². The normalized spacial score (nSPS) is 27.2. The molecular weight excluding hydrogens is 361 g/mol. The van der Waals surface area contributed by atoms with Gasteiger partial charge in [0.15, 0.2) is 9.84 Å². The molecule has 0 saturated heterocycles. The van der Waals surface area contributed by atoms with Crippen molar-refractivity contribution < 1.29 is 12.8 Å². The standard InChI is InChI=1S/C13H17BrFN3O2S/c1-7-9(14)5-8(10(15)17-7)13(4)6-21(19,20)12(2,3)11(16)18-13/h5H,6H2,1-4H3,(H2,16,18). The van der Waals surface area contributed by atoms with Gasteiger partial charge >= 0.3 is 0 Å². The van der Waals surface area contributed by atoms with Crippen molar-refractivity contribution in [2.75, 3.05) is 5.75 Å². The first kappa shape index (κ1) is 16.4. The zero-order valence-electron chi connectivity index (χ0n) is 12.2. The van der Waals surface area contributed by atoms with Crippen LogP contribution in [0, 0.1) is 12.9 Å². The summed E-state index contributed by atoms with van der Waals surface area (Å²) in [5.74, 6) is -1.07. The number of hydrogen-bond donors (Lipinski definition) is 1. The third-order valence-electron chi connectivity index (χ3n) is 3.92. The number of halogens is 2. The van der Waals surface area contributed by atoms with E-state index in [1.807, 2.05) is 0 Å². The molecule has 1 atom stereocenters. The van der Waals surface area contributed by atoms with Gasteiger partial charge in [0.05, 0.1) is 11.4 Å². The molecule has 0 spiro atoms. The molecule has 21 heavy (non-hydrogen) atoms. The van der Waals surface area contributed by atoms with Gasteiger partial charge in [0.1, 0.15) is 16.1 Å². The largest absolute Gasteiger partial charge is 0.386 e. The van der Waals surface area contributed by atoms with E-state index in [0.717, 1.165) is 0 Å². The molecule has 0 amide bonds. The van der Waals surface area contributed by atoms with E-state index in [9.17, 15) is 12.8 Å². The first-order valence-corrected chi connectivity index (χ1v) is 8.76. The molecule has 0 radical (unpaired) electrons. The van der Waals surface area contributed by atoms with Gasteiger partial charge in [-0.25, -0.2) is 13.4 Å². The SMILES string of the molecule is Cc1nc(F)c(C2(C)CS(=O)(=O)C(C)(C)C(N)=N2)cc1Br. The van der Waals surface area contributed by atoms with Crippen LogP contribution in [-0.4, -0.2) is 29.7 Å². The molecule has 0 bridgehead atoms. The number of amidine groups is 1. The summed E-state index contributed by atoms with van der Waals surface area (Å²) < 4.78 is 38.4. The van der Waals surface area contributed by atoms with E-state index in [1.165, 1.54) is 19.9 Å². The lowest BCUT2D eigenvalue weighted by atomic mass is 9.94. The van der Waals surface area contributed by atoms with Crippen LogP contribution in [0.25, 0.3) is 0 Å². The van der Waals surface area contributed by atoms with E-state index in [-0.39, 0.29) is 17.2 Å². The van der Waals surface area contributed by atoms with Crippen molar-refractivity contribution in [2.24, 2.45) is 10.7 Å². The number of nitrogens with zero attached hydrogens (tertiary/aromatic N) is 2. The van der Waals surface area contributed by atoms with Gasteiger partial charge in [-0.1, -0.05) is 0 Å². The quantitative estimate of drug-likeness (QED) is 0.759. The number of rotatable bonds is 1. The first-order chi connectivity index (χ1) is 9.41. The lowest BCUT2D eigenvalue weighted by Crippen LogP contribution is -2.55. The highest BCUT2D eigenvalue weighted by atomic mass is 79.9. The van der Waals surface area contributed by atoms with Crippen LogP contribution in [0.5, 0.6) is 0 Å². The summed E-state index contributed by atoms with van der Waals surface area (Å²) in [5.41, 5.74) is 5.14. The van der Waals surface area contributed by atoms with Crippen molar-refractivity contribution in [2.45, 2.75) is 38.0 Å². The molecule has 1 aromatic heterocycles. The Hall–Kier alpha value is -1.02. The Morgan fingerprint density at radius 2 is 1.95 bits per heavy atom. The lowest BCUT2D eigenvalue weighted by molar-refractivity contribution is 0.462. The Bertz CT molecular complexity index is 746. The number of pyridine rings is 1. The van der Waals surface area contributed by atoms with Gasteiger partial charge in [-0.2, -0.15) is 4.39 Å². The molecule has 0 fully saturated rings. The molecule has 1 aliphatic heterocycles. The lowest BCUT2D eigenvalue weighted by Gasteiger charge is -2.37. The van der Waals surface area contributed by atoms with Crippen molar-refractivity contribution in [3.8, 4) is 0 Å². The van der Waals surface area contributed by atoms with E-state index in [2.05, 4.69) is 25.9 Å². The van der Waals surface area contributed by atoms with Crippen molar-refractivity contribution >= 4 is 31.6 Å². The maximum atomic E-state index is 14.2. The highest BCUT2D eigenvalue weighted by Gasteiger charge is 2.49. The molecule has 0 aliphatic carbocycles. The van der Waals surface area contributed by atoms with Crippen molar-refractivity contribution in [1.29, 1.82) is 0 Å². The monoisotopic (exact) mass is 377 g/mol. The first-order valence-electron chi connectivity index (χ1n) is 6.32. The van der Waals surface area contributed by atoms with E-state index >= 15 is 0 Å². The molecular formula is C13H17BrFN3O2S. The Balaban J connectivity index is 2.70. The van der Waals surface area contributed by atoms with Crippen LogP contribution in [-0.2, 0) is 15.4 Å². The summed E-state index contributed by atoms with van der Waals surface area (Å²) in [6.07, 6.45) is 0. The molecule has 5 nitrogen and oxygen atoms in total. The molecule has 8 heteroatoms. The van der Waals surface area contributed by atoms with Gasteiger partial charge in [0.25, 0.3) is 0 Å². The second kappa shape index (κ2) is 4.74. The van der Waals surface area contributed by atoms with E-state index < -0.39 is 26.1 Å². The van der Waals surface area contributed by atoms with Gasteiger partial charge in [0, 0.05) is 10.0 Å². The molecule has 1 aliphatic rings. The maximum Gasteiger partial charge on any atom is 0.218 e. The predicted molar refractivity (Wildman–Crippen MR) is 83.5 cm³/mol. The van der Waals surface area contributed by atoms with Crippen molar-refractivity contribution in [3.05, 3.63) is 27.7 Å². The molecule has 0 saturated carbocycles. The van der Waals surface area contributed by atoms with Gasteiger partial charge < -0.3 is 5.73 Å². The van der Waals surface area contributed by atoms with E-state index in [0.29, 0.717) is 10.2 Å². The third kappa shape index (κ3) is 2.48. The van der Waals surface area contributed by atoms with E-state index in [1.54, 1.807) is 13.8 Å². The number of aryl methyl sites for hydroxylation is 1. The number of nitrogens with two attached hydrogens (primary N) is 1. The average molecular weight is 378 g/mol. The zero-order chi connectivity index (χ0) is 16.2. The number of aliphatic imine (C=N–C) groups is 1. The Kier molecular flexibility index (Phi) is 3.69. The smallest absolute Gasteiger partial charge is 0.218 e. The topological polar surface area (TPSA) is 85.4 Å². The number of aromatic nitrogens is 1. The molecule has 0 aromatic carbocycles. The summed E-state index contributed by atoms with van der Waals surface area (Å²) in [5, 5.41) is 0. The van der Waals surface area contributed by atoms with Crippen LogP contribution < -0.4 is 5.73 Å².